The molecule has 0 bridgehead atoms. The molecule has 0 saturated carbocycles. The molecular formula is C24H35N7O8. The van der Waals surface area contributed by atoms with Gasteiger partial charge in [0, 0.05) is 19.5 Å². The highest BCUT2D eigenvalue weighted by atomic mass is 16.4. The van der Waals surface area contributed by atoms with Gasteiger partial charge < -0.3 is 48.1 Å². The summed E-state index contributed by atoms with van der Waals surface area (Å²) in [6.07, 6.45) is 0.374. The number of hydrogen-bond donors (Lipinski definition) is 8. The zero-order chi connectivity index (χ0) is 29.1. The molecule has 0 aromatic heterocycles. The van der Waals surface area contributed by atoms with Gasteiger partial charge in [-0.25, -0.2) is 4.79 Å². The van der Waals surface area contributed by atoms with Crippen LogP contribution < -0.4 is 27.8 Å². The van der Waals surface area contributed by atoms with Gasteiger partial charge >= 0.3 is 11.9 Å². The minimum Gasteiger partial charge on any atom is -0.508 e. The quantitative estimate of drug-likeness (QED) is 0.0703. The second-order valence-corrected chi connectivity index (χ2v) is 9.17. The lowest BCUT2D eigenvalue weighted by Crippen LogP contribution is -2.57. The Morgan fingerprint density at radius 2 is 1.72 bits per heavy atom. The van der Waals surface area contributed by atoms with Crippen LogP contribution >= 0.6 is 0 Å². The molecule has 4 atom stereocenters. The maximum Gasteiger partial charge on any atom is 0.326 e. The number of benzene rings is 1. The topological polar surface area (TPSA) is 264 Å². The van der Waals surface area contributed by atoms with Crippen molar-refractivity contribution >= 4 is 35.6 Å². The van der Waals surface area contributed by atoms with Crippen molar-refractivity contribution in [1.82, 2.24) is 15.5 Å². The Morgan fingerprint density at radius 1 is 1.05 bits per heavy atom. The maximum absolute atomic E-state index is 13.2. The molecule has 15 heteroatoms. The molecule has 1 fully saturated rings. The average Bonchev–Trinajstić information content (AvgIpc) is 3.35. The number of phenols is 1. The molecule has 15 nitrogen and oxygen atoms in total. The van der Waals surface area contributed by atoms with Gasteiger partial charge in [-0.3, -0.25) is 24.2 Å². The van der Waals surface area contributed by atoms with Crippen LogP contribution in [0.2, 0.25) is 0 Å². The van der Waals surface area contributed by atoms with Crippen LogP contribution in [0.5, 0.6) is 5.75 Å². The summed E-state index contributed by atoms with van der Waals surface area (Å²) >= 11 is 0. The van der Waals surface area contributed by atoms with Crippen molar-refractivity contribution < 1.29 is 39.3 Å². The Labute approximate surface area is 224 Å². The minimum atomic E-state index is -1.33. The number of amides is 3. The molecular weight excluding hydrogens is 514 g/mol. The molecule has 4 unspecified atom stereocenters. The van der Waals surface area contributed by atoms with Crippen molar-refractivity contribution in [3.8, 4) is 5.75 Å². The second kappa shape index (κ2) is 14.5. The molecule has 1 aromatic rings. The van der Waals surface area contributed by atoms with E-state index < -0.39 is 60.2 Å². The zero-order valence-electron chi connectivity index (χ0n) is 21.3. The summed E-state index contributed by atoms with van der Waals surface area (Å²) in [6.45, 7) is 0.348. The number of carboxylic acids is 2. The molecule has 0 aliphatic carbocycles. The number of nitrogens with one attached hydrogen (secondary N) is 2. The van der Waals surface area contributed by atoms with E-state index in [4.69, 9.17) is 22.3 Å². The molecule has 11 N–H and O–H groups in total. The van der Waals surface area contributed by atoms with E-state index in [2.05, 4.69) is 15.6 Å². The molecule has 1 saturated heterocycles. The van der Waals surface area contributed by atoms with Gasteiger partial charge in [-0.15, -0.1) is 0 Å². The molecule has 1 aliphatic rings. The van der Waals surface area contributed by atoms with Crippen molar-refractivity contribution in [1.29, 1.82) is 0 Å². The molecule has 0 radical (unpaired) electrons. The summed E-state index contributed by atoms with van der Waals surface area (Å²) in [4.78, 5) is 66.8. The number of likely N-dealkylation sites (tertiary alicyclic amines) is 1. The third-order valence-corrected chi connectivity index (χ3v) is 6.12. The number of guanidine groups is 1. The van der Waals surface area contributed by atoms with Crippen LogP contribution in [0.4, 0.5) is 0 Å². The van der Waals surface area contributed by atoms with Gasteiger partial charge in [0.2, 0.25) is 17.7 Å². The zero-order valence-corrected chi connectivity index (χ0v) is 21.3. The normalized spacial score (nSPS) is 16.9. The van der Waals surface area contributed by atoms with Crippen LogP contribution in [0.1, 0.15) is 37.7 Å². The van der Waals surface area contributed by atoms with Crippen LogP contribution in [0.15, 0.2) is 29.3 Å². The second-order valence-electron chi connectivity index (χ2n) is 9.17. The predicted octanol–water partition coefficient (Wildman–Crippen LogP) is -2.16. The Balaban J connectivity index is 2.19. The van der Waals surface area contributed by atoms with Crippen LogP contribution in [0.25, 0.3) is 0 Å². The van der Waals surface area contributed by atoms with Gasteiger partial charge in [0.25, 0.3) is 0 Å². The number of aliphatic imine (C=N–C) groups is 1. The van der Waals surface area contributed by atoms with E-state index in [-0.39, 0.29) is 50.5 Å². The Morgan fingerprint density at radius 3 is 2.31 bits per heavy atom. The first-order valence-corrected chi connectivity index (χ1v) is 12.3. The number of rotatable bonds is 14. The summed E-state index contributed by atoms with van der Waals surface area (Å²) in [7, 11) is 0. The fourth-order valence-corrected chi connectivity index (χ4v) is 4.17. The van der Waals surface area contributed by atoms with Crippen LogP contribution in [-0.4, -0.2) is 93.1 Å². The van der Waals surface area contributed by atoms with E-state index in [1.165, 1.54) is 17.0 Å². The summed E-state index contributed by atoms with van der Waals surface area (Å²) in [6, 6.07) is 1.05. The first kappa shape index (κ1) is 30.8. The molecule has 1 aliphatic heterocycles. The third kappa shape index (κ3) is 9.77. The lowest BCUT2D eigenvalue weighted by Gasteiger charge is -2.28. The highest BCUT2D eigenvalue weighted by molar-refractivity contribution is 5.95. The third-order valence-electron chi connectivity index (χ3n) is 6.12. The van der Waals surface area contributed by atoms with E-state index in [0.717, 1.165) is 0 Å². The average molecular weight is 550 g/mol. The number of nitrogens with zero attached hydrogens (tertiary/aromatic N) is 2. The number of carbonyl (C=O) groups is 5. The van der Waals surface area contributed by atoms with E-state index in [1.54, 1.807) is 12.1 Å². The van der Waals surface area contributed by atoms with E-state index >= 15 is 0 Å². The fraction of sp³-hybridized carbons (Fsp3) is 0.500. The summed E-state index contributed by atoms with van der Waals surface area (Å²) in [5.41, 5.74) is 16.8. The number of nitrogens with two attached hydrogens (primary N) is 3. The van der Waals surface area contributed by atoms with Crippen molar-refractivity contribution in [2.45, 2.75) is 62.7 Å². The van der Waals surface area contributed by atoms with E-state index in [0.29, 0.717) is 12.0 Å². The number of phenolic OH excluding ortho intramolecular Hbond substituents is 1. The first-order valence-electron chi connectivity index (χ1n) is 12.3. The van der Waals surface area contributed by atoms with Crippen LogP contribution in [0.3, 0.4) is 0 Å². The predicted molar refractivity (Wildman–Crippen MR) is 138 cm³/mol. The van der Waals surface area contributed by atoms with Gasteiger partial charge in [-0.05, 0) is 43.4 Å². The number of aromatic hydroxyl groups is 1. The molecule has 1 heterocycles. The lowest BCUT2D eigenvalue weighted by atomic mass is 10.0. The number of hydrogen-bond acceptors (Lipinski definition) is 8. The minimum absolute atomic E-state index is 0.00619. The van der Waals surface area contributed by atoms with Crippen molar-refractivity contribution in [2.24, 2.45) is 22.2 Å². The first-order chi connectivity index (χ1) is 18.4. The molecule has 1 aromatic carbocycles. The molecule has 3 amide bonds. The highest BCUT2D eigenvalue weighted by Crippen LogP contribution is 2.20. The fourth-order valence-electron chi connectivity index (χ4n) is 4.17. The Bertz CT molecular complexity index is 1070. The summed E-state index contributed by atoms with van der Waals surface area (Å²) in [5, 5.41) is 33.1. The van der Waals surface area contributed by atoms with Crippen molar-refractivity contribution in [3.63, 3.8) is 0 Å². The van der Waals surface area contributed by atoms with Gasteiger partial charge in [0.05, 0.1) is 12.5 Å². The molecule has 214 valence electrons. The van der Waals surface area contributed by atoms with Gasteiger partial charge in [0.1, 0.15) is 23.9 Å². The van der Waals surface area contributed by atoms with Gasteiger partial charge in [-0.2, -0.15) is 0 Å². The van der Waals surface area contributed by atoms with Crippen molar-refractivity contribution in [3.05, 3.63) is 29.8 Å². The standard InChI is InChI=1S/C24H35N7O8/c25-15(12-19(33)34)22(37)31-10-2-4-18(31)21(36)30-17(11-13-5-7-14(32)8-6-13)20(35)29-16(23(38)39)3-1-9-28-24(26)27/h5-8,15-18,32H,1-4,9-12,25H2,(H,29,35)(H,30,36)(H,33,34)(H,38,39)(H4,26,27,28). The van der Waals surface area contributed by atoms with Crippen molar-refractivity contribution in [2.75, 3.05) is 13.1 Å². The van der Waals surface area contributed by atoms with E-state index in [1.807, 2.05) is 0 Å². The van der Waals surface area contributed by atoms with Crippen LogP contribution in [-0.2, 0) is 30.4 Å². The molecule has 2 rings (SSSR count). The number of carbonyl (C=O) groups excluding carboxylic acids is 3. The van der Waals surface area contributed by atoms with E-state index in [9.17, 15) is 34.2 Å². The SMILES string of the molecule is NC(N)=NCCCC(NC(=O)C(Cc1ccc(O)cc1)NC(=O)C1CCCN1C(=O)C(N)CC(=O)O)C(=O)O. The smallest absolute Gasteiger partial charge is 0.326 e. The van der Waals surface area contributed by atoms with Gasteiger partial charge in [0.15, 0.2) is 5.96 Å². The monoisotopic (exact) mass is 549 g/mol. The molecule has 0 spiro atoms. The highest BCUT2D eigenvalue weighted by Gasteiger charge is 2.38. The largest absolute Gasteiger partial charge is 0.508 e. The Kier molecular flexibility index (Phi) is 11.5. The number of aliphatic carboxylic acids is 2. The summed E-state index contributed by atoms with van der Waals surface area (Å²) < 4.78 is 0. The Hall–Kier alpha value is -4.40. The number of carboxylic acid groups (broad SMARTS) is 2. The summed E-state index contributed by atoms with van der Waals surface area (Å²) in [5.74, 6) is -4.83. The van der Waals surface area contributed by atoms with Crippen LogP contribution in [0, 0.1) is 0 Å². The van der Waals surface area contributed by atoms with Gasteiger partial charge in [-0.1, -0.05) is 12.1 Å². The maximum atomic E-state index is 13.2. The lowest BCUT2D eigenvalue weighted by molar-refractivity contribution is -0.144. The molecule has 39 heavy (non-hydrogen) atoms.